The first-order valence-corrected chi connectivity index (χ1v) is 12.1. The zero-order valence-electron chi connectivity index (χ0n) is 20.3. The number of dihydropyridines is 1. The van der Waals surface area contributed by atoms with Gasteiger partial charge in [0.05, 0.1) is 17.5 Å². The summed E-state index contributed by atoms with van der Waals surface area (Å²) >= 11 is 0. The number of nitrogens with zero attached hydrogens (tertiary/aromatic N) is 4. The van der Waals surface area contributed by atoms with E-state index in [1.165, 1.54) is 6.08 Å². The summed E-state index contributed by atoms with van der Waals surface area (Å²) in [6, 6.07) is 3.38. The zero-order chi connectivity index (χ0) is 25.9. The summed E-state index contributed by atoms with van der Waals surface area (Å²) in [7, 11) is 1.56. The van der Waals surface area contributed by atoms with Gasteiger partial charge in [-0.15, -0.1) is 0 Å². The van der Waals surface area contributed by atoms with Crippen molar-refractivity contribution in [2.75, 3.05) is 51.2 Å². The predicted molar refractivity (Wildman–Crippen MR) is 130 cm³/mol. The van der Waals surface area contributed by atoms with Crippen molar-refractivity contribution in [1.29, 1.82) is 0 Å². The van der Waals surface area contributed by atoms with Crippen molar-refractivity contribution in [3.8, 4) is 0 Å². The third-order valence-electron chi connectivity index (χ3n) is 6.92. The van der Waals surface area contributed by atoms with Crippen LogP contribution >= 0.6 is 0 Å². The van der Waals surface area contributed by atoms with E-state index >= 15 is 0 Å². The van der Waals surface area contributed by atoms with Crippen molar-refractivity contribution in [2.45, 2.75) is 31.5 Å². The lowest BCUT2D eigenvalue weighted by Crippen LogP contribution is -2.49. The molecule has 0 aliphatic carbocycles. The van der Waals surface area contributed by atoms with E-state index in [9.17, 15) is 22.8 Å². The Labute approximate surface area is 208 Å². The number of hydrogen-bond acceptors (Lipinski definition) is 6. The molecule has 3 aliphatic heterocycles. The average molecular weight is 505 g/mol. The van der Waals surface area contributed by atoms with Gasteiger partial charge in [0.25, 0.3) is 5.91 Å². The number of aromatic nitrogens is 1. The molecule has 0 bridgehead atoms. The normalized spacial score (nSPS) is 21.1. The van der Waals surface area contributed by atoms with E-state index in [1.54, 1.807) is 25.5 Å². The summed E-state index contributed by atoms with van der Waals surface area (Å²) in [5.74, 6) is -0.195. The zero-order valence-corrected chi connectivity index (χ0v) is 20.3. The number of likely N-dealkylation sites (tertiary alicyclic amines) is 1. The molecule has 11 heteroatoms. The number of anilines is 1. The molecule has 8 nitrogen and oxygen atoms in total. The quantitative estimate of drug-likeness (QED) is 0.620. The molecule has 1 unspecified atom stereocenters. The molecule has 1 atom stereocenters. The van der Waals surface area contributed by atoms with Crippen LogP contribution in [0.15, 0.2) is 54.0 Å². The predicted octanol–water partition coefficient (Wildman–Crippen LogP) is 2.43. The fourth-order valence-electron chi connectivity index (χ4n) is 4.91. The molecule has 0 spiro atoms. The Bertz CT molecular complexity index is 1060. The number of carbonyl (C=O) groups excluding carboxylic acids is 2. The van der Waals surface area contributed by atoms with E-state index < -0.39 is 11.7 Å². The first-order chi connectivity index (χ1) is 17.2. The number of alkyl halides is 3. The van der Waals surface area contributed by atoms with Crippen molar-refractivity contribution >= 4 is 17.5 Å². The second-order valence-electron chi connectivity index (χ2n) is 9.12. The molecule has 2 saturated heterocycles. The van der Waals surface area contributed by atoms with Gasteiger partial charge in [0.2, 0.25) is 5.91 Å². The van der Waals surface area contributed by atoms with Crippen LogP contribution < -0.4 is 15.5 Å². The number of hydrogen-bond donors (Lipinski definition) is 2. The Morgan fingerprint density at radius 2 is 1.94 bits per heavy atom. The maximum Gasteiger partial charge on any atom is 0.418 e. The molecular weight excluding hydrogens is 473 g/mol. The smallest absolute Gasteiger partial charge is 0.367 e. The lowest BCUT2D eigenvalue weighted by atomic mass is 9.98. The van der Waals surface area contributed by atoms with Crippen LogP contribution in [0, 0.1) is 0 Å². The molecule has 36 heavy (non-hydrogen) atoms. The molecule has 2 N–H and O–H groups in total. The van der Waals surface area contributed by atoms with Crippen molar-refractivity contribution in [2.24, 2.45) is 0 Å². The van der Waals surface area contributed by atoms with Crippen LogP contribution in [-0.2, 0) is 4.79 Å². The molecule has 2 fully saturated rings. The van der Waals surface area contributed by atoms with Crippen LogP contribution in [0.2, 0.25) is 0 Å². The minimum Gasteiger partial charge on any atom is -0.367 e. The lowest BCUT2D eigenvalue weighted by Gasteiger charge is -2.36. The SMILES string of the molecule is C=C1NC=C(C2CCCN2CCC(=O)N2CCN(c3ccc(C(=O)NC)nc3)CC2)C=C1C(F)(F)F. The van der Waals surface area contributed by atoms with Gasteiger partial charge in [-0.3, -0.25) is 14.5 Å². The first kappa shape index (κ1) is 25.7. The molecular formula is C25H31F3N6O2. The van der Waals surface area contributed by atoms with Crippen LogP contribution in [0.5, 0.6) is 0 Å². The fourth-order valence-corrected chi connectivity index (χ4v) is 4.91. The highest BCUT2D eigenvalue weighted by atomic mass is 19.4. The monoisotopic (exact) mass is 504 g/mol. The van der Waals surface area contributed by atoms with Crippen LogP contribution in [-0.4, -0.2) is 85.1 Å². The minimum absolute atomic E-state index is 0.0454. The number of piperazine rings is 1. The summed E-state index contributed by atoms with van der Waals surface area (Å²) in [6.45, 7) is 7.19. The molecule has 0 radical (unpaired) electrons. The molecule has 1 aromatic heterocycles. The van der Waals surface area contributed by atoms with E-state index in [2.05, 4.69) is 32.0 Å². The van der Waals surface area contributed by atoms with Gasteiger partial charge in [0.15, 0.2) is 0 Å². The molecule has 0 saturated carbocycles. The molecule has 4 heterocycles. The largest absolute Gasteiger partial charge is 0.418 e. The van der Waals surface area contributed by atoms with E-state index in [0.29, 0.717) is 50.4 Å². The number of amides is 2. The molecule has 194 valence electrons. The van der Waals surface area contributed by atoms with Gasteiger partial charge in [-0.25, -0.2) is 4.98 Å². The second kappa shape index (κ2) is 10.7. The Morgan fingerprint density at radius 3 is 2.58 bits per heavy atom. The number of nitrogens with one attached hydrogen (secondary N) is 2. The Morgan fingerprint density at radius 1 is 1.19 bits per heavy atom. The standard InChI is InChI=1S/C25H31F3N6O2/c1-17-20(25(26,27)28)14-18(15-30-17)22-4-3-8-33(22)9-7-23(35)34-12-10-32(11-13-34)19-5-6-21(31-16-19)24(36)29-2/h5-6,14-16,22,30H,1,3-4,7-13H2,2H3,(H,29,36). The van der Waals surface area contributed by atoms with Gasteiger partial charge in [0, 0.05) is 64.1 Å². The Hall–Kier alpha value is -3.34. The highest BCUT2D eigenvalue weighted by molar-refractivity contribution is 5.92. The first-order valence-electron chi connectivity index (χ1n) is 12.1. The van der Waals surface area contributed by atoms with Crippen molar-refractivity contribution < 1.29 is 22.8 Å². The molecule has 4 rings (SSSR count). The van der Waals surface area contributed by atoms with Gasteiger partial charge in [-0.1, -0.05) is 6.58 Å². The van der Waals surface area contributed by atoms with Gasteiger partial charge in [-0.05, 0) is 43.2 Å². The number of rotatable bonds is 6. The molecule has 3 aliphatic rings. The Balaban J connectivity index is 1.28. The highest BCUT2D eigenvalue weighted by Crippen LogP contribution is 2.35. The van der Waals surface area contributed by atoms with Gasteiger partial charge < -0.3 is 20.4 Å². The van der Waals surface area contributed by atoms with E-state index in [4.69, 9.17) is 0 Å². The van der Waals surface area contributed by atoms with Gasteiger partial charge in [0.1, 0.15) is 5.69 Å². The van der Waals surface area contributed by atoms with Crippen molar-refractivity contribution in [3.05, 3.63) is 59.7 Å². The summed E-state index contributed by atoms with van der Waals surface area (Å²) in [5.41, 5.74) is 0.926. The third kappa shape index (κ3) is 5.72. The maximum atomic E-state index is 13.3. The average Bonchev–Trinajstić information content (AvgIpc) is 3.35. The van der Waals surface area contributed by atoms with Crippen LogP contribution in [0.1, 0.15) is 29.8 Å². The summed E-state index contributed by atoms with van der Waals surface area (Å²) < 4.78 is 40.0. The van der Waals surface area contributed by atoms with Gasteiger partial charge >= 0.3 is 6.18 Å². The van der Waals surface area contributed by atoms with Crippen molar-refractivity contribution in [1.82, 2.24) is 25.4 Å². The number of carbonyl (C=O) groups is 2. The van der Waals surface area contributed by atoms with Crippen LogP contribution in [0.3, 0.4) is 0 Å². The number of halogens is 3. The molecule has 0 aromatic carbocycles. The number of allylic oxidation sites excluding steroid dienone is 1. The highest BCUT2D eigenvalue weighted by Gasteiger charge is 2.38. The summed E-state index contributed by atoms with van der Waals surface area (Å²) in [5, 5.41) is 5.20. The van der Waals surface area contributed by atoms with E-state index in [0.717, 1.165) is 25.1 Å². The number of pyridine rings is 1. The van der Waals surface area contributed by atoms with Crippen LogP contribution in [0.25, 0.3) is 0 Å². The fraction of sp³-hybridized carbons (Fsp3) is 0.480. The summed E-state index contributed by atoms with van der Waals surface area (Å²) in [4.78, 5) is 34.8. The lowest BCUT2D eigenvalue weighted by molar-refractivity contribution is -0.131. The molecule has 1 aromatic rings. The minimum atomic E-state index is -4.46. The van der Waals surface area contributed by atoms with E-state index in [-0.39, 0.29) is 23.6 Å². The topological polar surface area (TPSA) is 80.8 Å². The third-order valence-corrected chi connectivity index (χ3v) is 6.92. The van der Waals surface area contributed by atoms with E-state index in [1.807, 2.05) is 11.0 Å². The van der Waals surface area contributed by atoms with Crippen molar-refractivity contribution in [3.63, 3.8) is 0 Å². The second-order valence-corrected chi connectivity index (χ2v) is 9.12. The Kier molecular flexibility index (Phi) is 7.67. The molecule has 2 amide bonds. The van der Waals surface area contributed by atoms with Gasteiger partial charge in [-0.2, -0.15) is 13.2 Å². The summed E-state index contributed by atoms with van der Waals surface area (Å²) in [6.07, 6.45) is 1.92. The van der Waals surface area contributed by atoms with Crippen LogP contribution in [0.4, 0.5) is 18.9 Å². The maximum absolute atomic E-state index is 13.3.